The summed E-state index contributed by atoms with van der Waals surface area (Å²) in [6, 6.07) is 6.28. The first-order valence-electron chi connectivity index (χ1n) is 8.23. The van der Waals surface area contributed by atoms with E-state index in [1.807, 2.05) is 32.0 Å². The molecule has 0 radical (unpaired) electrons. The van der Waals surface area contributed by atoms with Crippen LogP contribution in [0.1, 0.15) is 43.2 Å². The molecule has 0 heterocycles. The van der Waals surface area contributed by atoms with Crippen LogP contribution in [0.4, 0.5) is 5.69 Å². The first kappa shape index (κ1) is 15.1. The van der Waals surface area contributed by atoms with E-state index in [-0.39, 0.29) is 23.7 Å². The molecule has 2 fully saturated rings. The summed E-state index contributed by atoms with van der Waals surface area (Å²) in [5.41, 5.74) is 3.00. The van der Waals surface area contributed by atoms with E-state index in [4.69, 9.17) is 0 Å². The number of rotatable bonds is 4. The van der Waals surface area contributed by atoms with E-state index < -0.39 is 0 Å². The molecule has 2 unspecified atom stereocenters. The van der Waals surface area contributed by atoms with E-state index in [1.165, 1.54) is 12.8 Å². The molecule has 0 aliphatic heterocycles. The molecule has 0 bridgehead atoms. The van der Waals surface area contributed by atoms with E-state index >= 15 is 0 Å². The number of anilines is 1. The smallest absolute Gasteiger partial charge is 0.228 e. The van der Waals surface area contributed by atoms with Gasteiger partial charge in [-0.05, 0) is 44.2 Å². The van der Waals surface area contributed by atoms with Crippen LogP contribution in [0.25, 0.3) is 0 Å². The highest BCUT2D eigenvalue weighted by Gasteiger charge is 2.48. The molecule has 1 aromatic carbocycles. The highest BCUT2D eigenvalue weighted by molar-refractivity contribution is 6.00. The number of carbonyl (C=O) groups excluding carboxylic acids is 2. The number of benzene rings is 1. The monoisotopic (exact) mass is 300 g/mol. The third-order valence-corrected chi connectivity index (χ3v) is 4.89. The summed E-state index contributed by atoms with van der Waals surface area (Å²) < 4.78 is 0. The third-order valence-electron chi connectivity index (χ3n) is 4.89. The maximum absolute atomic E-state index is 12.3. The Bertz CT molecular complexity index is 570. The Hall–Kier alpha value is -1.84. The highest BCUT2D eigenvalue weighted by Crippen LogP contribution is 2.40. The topological polar surface area (TPSA) is 58.2 Å². The minimum absolute atomic E-state index is 0.0241. The number of hydrogen-bond donors (Lipinski definition) is 2. The molecule has 2 atom stereocenters. The molecule has 0 spiro atoms. The Kier molecular flexibility index (Phi) is 4.19. The van der Waals surface area contributed by atoms with Gasteiger partial charge in [0.15, 0.2) is 0 Å². The lowest BCUT2D eigenvalue weighted by atomic mass is 10.1. The molecule has 118 valence electrons. The normalized spacial score (nSPS) is 24.1. The number of nitrogens with one attached hydrogen (secondary N) is 2. The van der Waals surface area contributed by atoms with Crippen molar-refractivity contribution in [1.82, 2.24) is 5.32 Å². The number of hydrogen-bond acceptors (Lipinski definition) is 2. The average molecular weight is 300 g/mol. The first-order valence-corrected chi connectivity index (χ1v) is 8.23. The van der Waals surface area contributed by atoms with Crippen molar-refractivity contribution in [3.63, 3.8) is 0 Å². The molecule has 2 aliphatic carbocycles. The van der Waals surface area contributed by atoms with E-state index in [9.17, 15) is 9.59 Å². The van der Waals surface area contributed by atoms with Crippen molar-refractivity contribution in [3.05, 3.63) is 29.3 Å². The second-order valence-corrected chi connectivity index (χ2v) is 6.69. The van der Waals surface area contributed by atoms with Gasteiger partial charge in [0.2, 0.25) is 11.8 Å². The fourth-order valence-corrected chi connectivity index (χ4v) is 3.38. The summed E-state index contributed by atoms with van der Waals surface area (Å²) in [7, 11) is 0. The van der Waals surface area contributed by atoms with Crippen LogP contribution in [0.15, 0.2) is 18.2 Å². The lowest BCUT2D eigenvalue weighted by molar-refractivity contribution is -0.125. The Morgan fingerprint density at radius 2 is 1.59 bits per heavy atom. The van der Waals surface area contributed by atoms with Gasteiger partial charge in [-0.25, -0.2) is 0 Å². The van der Waals surface area contributed by atoms with E-state index in [2.05, 4.69) is 10.6 Å². The fourth-order valence-electron chi connectivity index (χ4n) is 3.38. The zero-order valence-electron chi connectivity index (χ0n) is 13.3. The number of aryl methyl sites for hydroxylation is 2. The summed E-state index contributed by atoms with van der Waals surface area (Å²) >= 11 is 0. The zero-order valence-corrected chi connectivity index (χ0v) is 13.3. The molecule has 2 N–H and O–H groups in total. The summed E-state index contributed by atoms with van der Waals surface area (Å²) in [4.78, 5) is 24.5. The van der Waals surface area contributed by atoms with Crippen molar-refractivity contribution in [2.45, 2.75) is 52.0 Å². The SMILES string of the molecule is Cc1cccc(C)c1NC(=O)C1CC1C(=O)NC1CCCC1. The van der Waals surface area contributed by atoms with Crippen LogP contribution in [-0.2, 0) is 9.59 Å². The molecular formula is C18H24N2O2. The van der Waals surface area contributed by atoms with Crippen LogP contribution in [-0.4, -0.2) is 17.9 Å². The Balaban J connectivity index is 1.55. The van der Waals surface area contributed by atoms with E-state index in [0.717, 1.165) is 29.7 Å². The minimum Gasteiger partial charge on any atom is -0.353 e. The van der Waals surface area contributed by atoms with Gasteiger partial charge in [-0.15, -0.1) is 0 Å². The molecule has 0 saturated heterocycles. The van der Waals surface area contributed by atoms with Crippen molar-refractivity contribution < 1.29 is 9.59 Å². The zero-order chi connectivity index (χ0) is 15.7. The van der Waals surface area contributed by atoms with Gasteiger partial charge in [-0.1, -0.05) is 31.0 Å². The summed E-state index contributed by atoms with van der Waals surface area (Å²) in [6.45, 7) is 3.97. The Labute approximate surface area is 131 Å². The van der Waals surface area contributed by atoms with Gasteiger partial charge < -0.3 is 10.6 Å². The van der Waals surface area contributed by atoms with E-state index in [1.54, 1.807) is 0 Å². The second-order valence-electron chi connectivity index (χ2n) is 6.69. The molecule has 2 aliphatic rings. The van der Waals surface area contributed by atoms with Crippen molar-refractivity contribution in [3.8, 4) is 0 Å². The minimum atomic E-state index is -0.166. The maximum atomic E-state index is 12.3. The molecule has 2 amide bonds. The predicted molar refractivity (Wildman–Crippen MR) is 86.5 cm³/mol. The van der Waals surface area contributed by atoms with Crippen LogP contribution < -0.4 is 10.6 Å². The number of para-hydroxylation sites is 1. The molecule has 3 rings (SSSR count). The average Bonchev–Trinajstić information content (AvgIpc) is 3.14. The Morgan fingerprint density at radius 3 is 2.23 bits per heavy atom. The largest absolute Gasteiger partial charge is 0.353 e. The molecule has 4 heteroatoms. The van der Waals surface area contributed by atoms with Gasteiger partial charge in [-0.2, -0.15) is 0 Å². The van der Waals surface area contributed by atoms with Crippen molar-refractivity contribution in [2.75, 3.05) is 5.32 Å². The van der Waals surface area contributed by atoms with Crippen molar-refractivity contribution in [1.29, 1.82) is 0 Å². The van der Waals surface area contributed by atoms with Crippen molar-refractivity contribution in [2.24, 2.45) is 11.8 Å². The quantitative estimate of drug-likeness (QED) is 0.898. The van der Waals surface area contributed by atoms with Gasteiger partial charge in [0.1, 0.15) is 0 Å². The molecule has 0 aromatic heterocycles. The standard InChI is InChI=1S/C18H24N2O2/c1-11-6-5-7-12(2)16(11)20-18(22)15-10-14(15)17(21)19-13-8-3-4-9-13/h5-7,13-15H,3-4,8-10H2,1-2H3,(H,19,21)(H,20,22). The van der Waals surface area contributed by atoms with Crippen LogP contribution in [0.3, 0.4) is 0 Å². The van der Waals surface area contributed by atoms with Gasteiger partial charge in [0, 0.05) is 11.7 Å². The maximum Gasteiger partial charge on any atom is 0.228 e. The highest BCUT2D eigenvalue weighted by atomic mass is 16.2. The molecule has 22 heavy (non-hydrogen) atoms. The van der Waals surface area contributed by atoms with Crippen LogP contribution in [0.5, 0.6) is 0 Å². The lowest BCUT2D eigenvalue weighted by Gasteiger charge is -2.13. The third kappa shape index (κ3) is 3.16. The molecule has 2 saturated carbocycles. The Morgan fingerprint density at radius 1 is 1.00 bits per heavy atom. The van der Waals surface area contributed by atoms with Gasteiger partial charge in [0.25, 0.3) is 0 Å². The van der Waals surface area contributed by atoms with Crippen LogP contribution >= 0.6 is 0 Å². The van der Waals surface area contributed by atoms with Gasteiger partial charge in [0.05, 0.1) is 11.8 Å². The number of carbonyl (C=O) groups is 2. The molecule has 4 nitrogen and oxygen atoms in total. The van der Waals surface area contributed by atoms with Gasteiger partial charge >= 0.3 is 0 Å². The lowest BCUT2D eigenvalue weighted by Crippen LogP contribution is -2.34. The van der Waals surface area contributed by atoms with Crippen LogP contribution in [0.2, 0.25) is 0 Å². The van der Waals surface area contributed by atoms with Crippen LogP contribution in [0, 0.1) is 25.7 Å². The summed E-state index contributed by atoms with van der Waals surface area (Å²) in [5, 5.41) is 6.09. The fraction of sp³-hybridized carbons (Fsp3) is 0.556. The molecule has 1 aromatic rings. The second kappa shape index (κ2) is 6.11. The summed E-state index contributed by atoms with van der Waals surface area (Å²) in [5.74, 6) is -0.261. The predicted octanol–water partition coefficient (Wildman–Crippen LogP) is 2.94. The van der Waals surface area contributed by atoms with Gasteiger partial charge in [-0.3, -0.25) is 9.59 Å². The molecular weight excluding hydrogens is 276 g/mol. The number of amides is 2. The summed E-state index contributed by atoms with van der Waals surface area (Å²) in [6.07, 6.45) is 5.24. The van der Waals surface area contributed by atoms with Crippen molar-refractivity contribution >= 4 is 17.5 Å². The van der Waals surface area contributed by atoms with E-state index in [0.29, 0.717) is 12.5 Å². The first-order chi connectivity index (χ1) is 10.6.